The average molecular weight is 186 g/mol. The summed E-state index contributed by atoms with van der Waals surface area (Å²) >= 11 is 0. The Labute approximate surface area is 81.0 Å². The quantitative estimate of drug-likeness (QED) is 0.690. The summed E-state index contributed by atoms with van der Waals surface area (Å²) in [5.74, 6) is 1.44. The van der Waals surface area contributed by atoms with Crippen LogP contribution in [0.1, 0.15) is 40.0 Å². The lowest BCUT2D eigenvalue weighted by molar-refractivity contribution is 0.0170. The topological polar surface area (TPSA) is 40.5 Å². The van der Waals surface area contributed by atoms with Crippen molar-refractivity contribution in [1.29, 1.82) is 0 Å². The minimum Gasteiger partial charge on any atom is -0.393 e. The lowest BCUT2D eigenvalue weighted by Gasteiger charge is -2.36. The molecule has 0 amide bonds. The molecular weight excluding hydrogens is 164 g/mol. The van der Waals surface area contributed by atoms with Crippen molar-refractivity contribution in [2.45, 2.75) is 52.2 Å². The standard InChI is InChI=1S/C11H22O2/c1-7-6-10(8(2)12)4-5-11(7)9(3)13/h7-13H,4-6H2,1-3H3/t7-,8?,9?,10-,11-/m1/s1. The van der Waals surface area contributed by atoms with Gasteiger partial charge in [0.15, 0.2) is 0 Å². The van der Waals surface area contributed by atoms with Gasteiger partial charge in [-0.2, -0.15) is 0 Å². The van der Waals surface area contributed by atoms with Crippen LogP contribution in [0.4, 0.5) is 0 Å². The Balaban J connectivity index is 2.46. The Morgan fingerprint density at radius 3 is 2.08 bits per heavy atom. The zero-order valence-electron chi connectivity index (χ0n) is 8.90. The first-order valence-corrected chi connectivity index (χ1v) is 5.38. The third-order valence-electron chi connectivity index (χ3n) is 3.58. The Morgan fingerprint density at radius 1 is 1.08 bits per heavy atom. The zero-order valence-corrected chi connectivity index (χ0v) is 8.90. The number of rotatable bonds is 2. The van der Waals surface area contributed by atoms with Gasteiger partial charge in [0.1, 0.15) is 0 Å². The highest BCUT2D eigenvalue weighted by atomic mass is 16.3. The van der Waals surface area contributed by atoms with E-state index < -0.39 is 0 Å². The van der Waals surface area contributed by atoms with Gasteiger partial charge in [0.05, 0.1) is 12.2 Å². The average Bonchev–Trinajstić information content (AvgIpc) is 2.03. The van der Waals surface area contributed by atoms with Crippen LogP contribution >= 0.6 is 0 Å². The highest BCUT2D eigenvalue weighted by Crippen LogP contribution is 2.36. The van der Waals surface area contributed by atoms with Crippen LogP contribution in [0.5, 0.6) is 0 Å². The molecule has 0 aliphatic heterocycles. The Morgan fingerprint density at radius 2 is 1.69 bits per heavy atom. The Kier molecular flexibility index (Phi) is 3.74. The van der Waals surface area contributed by atoms with E-state index in [1.165, 1.54) is 0 Å². The van der Waals surface area contributed by atoms with E-state index in [0.717, 1.165) is 19.3 Å². The van der Waals surface area contributed by atoms with Gasteiger partial charge in [0.2, 0.25) is 0 Å². The van der Waals surface area contributed by atoms with Gasteiger partial charge >= 0.3 is 0 Å². The highest BCUT2D eigenvalue weighted by molar-refractivity contribution is 4.82. The van der Waals surface area contributed by atoms with Crippen molar-refractivity contribution < 1.29 is 10.2 Å². The molecule has 1 saturated carbocycles. The SMILES string of the molecule is CC(O)[C@@H]1CC[C@@H](C(C)O)[C@H](C)C1. The number of hydrogen-bond acceptors (Lipinski definition) is 2. The van der Waals surface area contributed by atoms with E-state index in [-0.39, 0.29) is 12.2 Å². The van der Waals surface area contributed by atoms with Gasteiger partial charge in [-0.3, -0.25) is 0 Å². The normalized spacial score (nSPS) is 39.9. The Hall–Kier alpha value is -0.0800. The predicted octanol–water partition coefficient (Wildman–Crippen LogP) is 1.80. The molecule has 13 heavy (non-hydrogen) atoms. The molecule has 1 rings (SSSR count). The minimum atomic E-state index is -0.190. The van der Waals surface area contributed by atoms with Gasteiger partial charge in [0.25, 0.3) is 0 Å². The maximum atomic E-state index is 9.51. The van der Waals surface area contributed by atoms with Crippen LogP contribution in [0, 0.1) is 17.8 Å². The molecule has 1 fully saturated rings. The summed E-state index contributed by atoms with van der Waals surface area (Å²) in [5, 5.41) is 19.0. The van der Waals surface area contributed by atoms with E-state index in [1.807, 2.05) is 13.8 Å². The lowest BCUT2D eigenvalue weighted by atomic mass is 9.71. The van der Waals surface area contributed by atoms with E-state index >= 15 is 0 Å². The molecule has 2 nitrogen and oxygen atoms in total. The van der Waals surface area contributed by atoms with Crippen LogP contribution < -0.4 is 0 Å². The molecule has 0 aromatic carbocycles. The Bertz CT molecular complexity index is 154. The van der Waals surface area contributed by atoms with E-state index in [2.05, 4.69) is 6.92 Å². The van der Waals surface area contributed by atoms with Crippen molar-refractivity contribution >= 4 is 0 Å². The summed E-state index contributed by atoms with van der Waals surface area (Å²) in [6.45, 7) is 5.94. The third-order valence-corrected chi connectivity index (χ3v) is 3.58. The smallest absolute Gasteiger partial charge is 0.0542 e. The first-order chi connectivity index (χ1) is 6.02. The van der Waals surface area contributed by atoms with Crippen molar-refractivity contribution in [2.75, 3.05) is 0 Å². The summed E-state index contributed by atoms with van der Waals surface area (Å²) in [6, 6.07) is 0. The van der Waals surface area contributed by atoms with Gasteiger partial charge in [-0.25, -0.2) is 0 Å². The summed E-state index contributed by atoms with van der Waals surface area (Å²) in [7, 11) is 0. The molecule has 1 aliphatic carbocycles. The zero-order chi connectivity index (χ0) is 10.0. The largest absolute Gasteiger partial charge is 0.393 e. The highest BCUT2D eigenvalue weighted by Gasteiger charge is 2.31. The molecule has 2 heteroatoms. The molecular formula is C11H22O2. The minimum absolute atomic E-state index is 0.183. The summed E-state index contributed by atoms with van der Waals surface area (Å²) in [4.78, 5) is 0. The van der Waals surface area contributed by atoms with Crippen LogP contribution in [0.15, 0.2) is 0 Å². The van der Waals surface area contributed by atoms with Gasteiger partial charge in [-0.05, 0) is 50.9 Å². The molecule has 0 bridgehead atoms. The van der Waals surface area contributed by atoms with Crippen LogP contribution in [0.3, 0.4) is 0 Å². The molecule has 78 valence electrons. The van der Waals surface area contributed by atoms with Crippen molar-refractivity contribution in [3.05, 3.63) is 0 Å². The van der Waals surface area contributed by atoms with E-state index in [0.29, 0.717) is 17.8 Å². The molecule has 2 unspecified atom stereocenters. The summed E-state index contributed by atoms with van der Waals surface area (Å²) in [6.07, 6.45) is 2.82. The molecule has 0 heterocycles. The van der Waals surface area contributed by atoms with Crippen LogP contribution in [0.25, 0.3) is 0 Å². The van der Waals surface area contributed by atoms with Gasteiger partial charge in [-0.15, -0.1) is 0 Å². The van der Waals surface area contributed by atoms with Crippen molar-refractivity contribution in [1.82, 2.24) is 0 Å². The molecule has 5 atom stereocenters. The molecule has 0 radical (unpaired) electrons. The van der Waals surface area contributed by atoms with Crippen LogP contribution in [0.2, 0.25) is 0 Å². The first kappa shape index (κ1) is 11.0. The van der Waals surface area contributed by atoms with Crippen LogP contribution in [-0.2, 0) is 0 Å². The van der Waals surface area contributed by atoms with Gasteiger partial charge in [-0.1, -0.05) is 6.92 Å². The first-order valence-electron chi connectivity index (χ1n) is 5.38. The van der Waals surface area contributed by atoms with Crippen molar-refractivity contribution in [3.8, 4) is 0 Å². The number of hydrogen-bond donors (Lipinski definition) is 2. The second-order valence-corrected chi connectivity index (χ2v) is 4.70. The number of aliphatic hydroxyl groups excluding tert-OH is 2. The second-order valence-electron chi connectivity index (χ2n) is 4.70. The fourth-order valence-electron chi connectivity index (χ4n) is 2.62. The monoisotopic (exact) mass is 186 g/mol. The fourth-order valence-corrected chi connectivity index (χ4v) is 2.62. The molecule has 0 aromatic rings. The lowest BCUT2D eigenvalue weighted by Crippen LogP contribution is -2.33. The second kappa shape index (κ2) is 4.43. The van der Waals surface area contributed by atoms with E-state index in [9.17, 15) is 10.2 Å². The maximum absolute atomic E-state index is 9.51. The van der Waals surface area contributed by atoms with Gasteiger partial charge < -0.3 is 10.2 Å². The molecule has 1 aliphatic rings. The van der Waals surface area contributed by atoms with Crippen molar-refractivity contribution in [3.63, 3.8) is 0 Å². The molecule has 0 spiro atoms. The third kappa shape index (κ3) is 2.68. The predicted molar refractivity (Wildman–Crippen MR) is 53.4 cm³/mol. The van der Waals surface area contributed by atoms with Crippen LogP contribution in [-0.4, -0.2) is 22.4 Å². The maximum Gasteiger partial charge on any atom is 0.0542 e. The molecule has 0 aromatic heterocycles. The number of aliphatic hydroxyl groups is 2. The fraction of sp³-hybridized carbons (Fsp3) is 1.00. The van der Waals surface area contributed by atoms with Gasteiger partial charge in [0, 0.05) is 0 Å². The molecule has 0 saturated heterocycles. The summed E-state index contributed by atoms with van der Waals surface area (Å²) in [5.41, 5.74) is 0. The van der Waals surface area contributed by atoms with E-state index in [1.54, 1.807) is 0 Å². The van der Waals surface area contributed by atoms with Crippen molar-refractivity contribution in [2.24, 2.45) is 17.8 Å². The van der Waals surface area contributed by atoms with E-state index in [4.69, 9.17) is 0 Å². The summed E-state index contributed by atoms with van der Waals surface area (Å²) < 4.78 is 0. The molecule has 2 N–H and O–H groups in total.